The number of aryl methyl sites for hydroxylation is 1. The first-order valence-electron chi connectivity index (χ1n) is 8.98. The summed E-state index contributed by atoms with van der Waals surface area (Å²) in [5.41, 5.74) is 8.28. The number of nitrogens with two attached hydrogens (primary N) is 1. The molecule has 2 fully saturated rings. The van der Waals surface area contributed by atoms with Gasteiger partial charge in [-0.2, -0.15) is 0 Å². The second kappa shape index (κ2) is 6.31. The average Bonchev–Trinajstić information content (AvgIpc) is 2.94. The fourth-order valence-corrected chi connectivity index (χ4v) is 3.77. The highest BCUT2D eigenvalue weighted by Crippen LogP contribution is 2.43. The molecule has 1 aromatic rings. The van der Waals surface area contributed by atoms with Crippen LogP contribution < -0.4 is 16.0 Å². The van der Waals surface area contributed by atoms with E-state index in [4.69, 9.17) is 5.73 Å². The van der Waals surface area contributed by atoms with Crippen LogP contribution in [0, 0.1) is 19.3 Å². The lowest BCUT2D eigenvalue weighted by molar-refractivity contribution is 0.0722. The lowest BCUT2D eigenvalue weighted by Crippen LogP contribution is -2.49. The van der Waals surface area contributed by atoms with Gasteiger partial charge in [0.05, 0.1) is 0 Å². The Morgan fingerprint density at radius 2 is 2.08 bits per heavy atom. The Bertz CT molecular complexity index is 639. The summed E-state index contributed by atoms with van der Waals surface area (Å²) in [7, 11) is 0. The molecule has 0 unspecified atom stereocenters. The van der Waals surface area contributed by atoms with Crippen molar-refractivity contribution in [2.75, 3.05) is 18.0 Å². The van der Waals surface area contributed by atoms with Gasteiger partial charge in [-0.1, -0.05) is 20.3 Å². The third kappa shape index (κ3) is 3.24. The molecule has 1 saturated heterocycles. The smallest absolute Gasteiger partial charge is 0.289 e. The van der Waals surface area contributed by atoms with Crippen molar-refractivity contribution in [3.05, 3.63) is 17.1 Å². The molecule has 0 bridgehead atoms. The van der Waals surface area contributed by atoms with E-state index in [0.717, 1.165) is 55.8 Å². The van der Waals surface area contributed by atoms with Gasteiger partial charge >= 0.3 is 0 Å². The van der Waals surface area contributed by atoms with Crippen molar-refractivity contribution in [1.29, 1.82) is 0 Å². The Morgan fingerprint density at radius 3 is 2.67 bits per heavy atom. The lowest BCUT2D eigenvalue weighted by Gasteiger charge is -2.45. The van der Waals surface area contributed by atoms with Crippen LogP contribution in [0.25, 0.3) is 0 Å². The Balaban J connectivity index is 1.74. The molecule has 3 N–H and O–H groups in total. The predicted octanol–water partition coefficient (Wildman–Crippen LogP) is 1.94. The van der Waals surface area contributed by atoms with E-state index >= 15 is 0 Å². The molecular formula is C18H29N5O. The first kappa shape index (κ1) is 17.1. The number of nitrogens with one attached hydrogen (secondary N) is 1. The average molecular weight is 331 g/mol. The molecule has 1 aromatic heterocycles. The monoisotopic (exact) mass is 331 g/mol. The van der Waals surface area contributed by atoms with Gasteiger partial charge in [-0.05, 0) is 38.5 Å². The van der Waals surface area contributed by atoms with E-state index in [9.17, 15) is 4.79 Å². The van der Waals surface area contributed by atoms with Gasteiger partial charge in [0, 0.05) is 36.4 Å². The van der Waals surface area contributed by atoms with Crippen molar-refractivity contribution >= 4 is 11.7 Å². The zero-order chi connectivity index (χ0) is 17.5. The number of anilines is 1. The number of aromatic nitrogens is 2. The third-order valence-corrected chi connectivity index (χ3v) is 5.76. The first-order chi connectivity index (χ1) is 11.3. The predicted molar refractivity (Wildman–Crippen MR) is 95.2 cm³/mol. The summed E-state index contributed by atoms with van der Waals surface area (Å²) in [5.74, 6) is 0.970. The highest BCUT2D eigenvalue weighted by atomic mass is 16.2. The Labute approximate surface area is 144 Å². The number of amides is 1. The first-order valence-corrected chi connectivity index (χ1v) is 8.98. The second-order valence-electron chi connectivity index (χ2n) is 7.82. The van der Waals surface area contributed by atoms with Gasteiger partial charge in [0.1, 0.15) is 5.82 Å². The number of hydrogen-bond acceptors (Lipinski definition) is 5. The largest absolute Gasteiger partial charge is 0.355 e. The van der Waals surface area contributed by atoms with Crippen molar-refractivity contribution in [3.8, 4) is 0 Å². The van der Waals surface area contributed by atoms with Crippen LogP contribution in [0.2, 0.25) is 0 Å². The molecule has 1 aliphatic heterocycles. The lowest BCUT2D eigenvalue weighted by atomic mass is 9.65. The number of carbonyl (C=O) groups excluding carboxylic acids is 1. The van der Waals surface area contributed by atoms with Crippen LogP contribution in [-0.2, 0) is 0 Å². The zero-order valence-electron chi connectivity index (χ0n) is 15.2. The van der Waals surface area contributed by atoms with Crippen LogP contribution >= 0.6 is 0 Å². The van der Waals surface area contributed by atoms with Gasteiger partial charge in [-0.15, -0.1) is 0 Å². The van der Waals surface area contributed by atoms with E-state index in [1.807, 2.05) is 13.8 Å². The van der Waals surface area contributed by atoms with E-state index in [2.05, 4.69) is 34.0 Å². The van der Waals surface area contributed by atoms with Gasteiger partial charge in [0.15, 0.2) is 0 Å². The van der Waals surface area contributed by atoms with Crippen molar-refractivity contribution in [1.82, 2.24) is 15.3 Å². The SMILES string of the molecule is CCC1(C)CC(NC(=O)c2nc(C)c(C)c(N3CC[C@@H](N)C3)n2)C1. The third-order valence-electron chi connectivity index (χ3n) is 5.76. The van der Waals surface area contributed by atoms with Crippen LogP contribution in [-0.4, -0.2) is 41.0 Å². The molecule has 1 aliphatic carbocycles. The molecule has 3 rings (SSSR count). The molecule has 6 nitrogen and oxygen atoms in total. The van der Waals surface area contributed by atoms with E-state index in [1.54, 1.807) is 0 Å². The number of carbonyl (C=O) groups is 1. The number of nitrogens with zero attached hydrogens (tertiary/aromatic N) is 3. The number of rotatable bonds is 4. The molecular weight excluding hydrogens is 302 g/mol. The summed E-state index contributed by atoms with van der Waals surface area (Å²) >= 11 is 0. The van der Waals surface area contributed by atoms with E-state index < -0.39 is 0 Å². The quantitative estimate of drug-likeness (QED) is 0.881. The topological polar surface area (TPSA) is 84.1 Å². The summed E-state index contributed by atoms with van der Waals surface area (Å²) in [4.78, 5) is 23.7. The molecule has 0 spiro atoms. The minimum Gasteiger partial charge on any atom is -0.355 e. The molecule has 24 heavy (non-hydrogen) atoms. The maximum atomic E-state index is 12.6. The summed E-state index contributed by atoms with van der Waals surface area (Å²) < 4.78 is 0. The van der Waals surface area contributed by atoms with Crippen LogP contribution in [0.1, 0.15) is 61.4 Å². The molecule has 2 heterocycles. The fourth-order valence-electron chi connectivity index (χ4n) is 3.77. The van der Waals surface area contributed by atoms with Crippen molar-refractivity contribution < 1.29 is 4.79 Å². The second-order valence-corrected chi connectivity index (χ2v) is 7.82. The standard InChI is InChI=1S/C18H29N5O/c1-5-18(4)8-14(9-18)21-17(24)15-20-12(3)11(2)16(22-15)23-7-6-13(19)10-23/h13-14H,5-10,19H2,1-4H3,(H,21,24)/t13-,14?,18?/m1/s1. The summed E-state index contributed by atoms with van der Waals surface area (Å²) in [6, 6.07) is 0.426. The van der Waals surface area contributed by atoms with Crippen LogP contribution in [0.15, 0.2) is 0 Å². The van der Waals surface area contributed by atoms with Crippen LogP contribution in [0.5, 0.6) is 0 Å². The zero-order valence-corrected chi connectivity index (χ0v) is 15.2. The minimum absolute atomic E-state index is 0.161. The molecule has 132 valence electrons. The van der Waals surface area contributed by atoms with Gasteiger partial charge < -0.3 is 16.0 Å². The van der Waals surface area contributed by atoms with Crippen LogP contribution in [0.4, 0.5) is 5.82 Å². The molecule has 1 amide bonds. The Hall–Kier alpha value is -1.69. The summed E-state index contributed by atoms with van der Waals surface area (Å²) in [6.45, 7) is 10.1. The van der Waals surface area contributed by atoms with Gasteiger partial charge in [0.2, 0.25) is 5.82 Å². The van der Waals surface area contributed by atoms with Crippen LogP contribution in [0.3, 0.4) is 0 Å². The Kier molecular flexibility index (Phi) is 4.51. The maximum Gasteiger partial charge on any atom is 0.289 e. The van der Waals surface area contributed by atoms with Gasteiger partial charge in [-0.25, -0.2) is 9.97 Å². The van der Waals surface area contributed by atoms with Crippen molar-refractivity contribution in [2.24, 2.45) is 11.1 Å². The minimum atomic E-state index is -0.161. The fraction of sp³-hybridized carbons (Fsp3) is 0.722. The van der Waals surface area contributed by atoms with E-state index in [0.29, 0.717) is 5.41 Å². The molecule has 6 heteroatoms. The number of hydrogen-bond donors (Lipinski definition) is 2. The Morgan fingerprint density at radius 1 is 1.38 bits per heavy atom. The van der Waals surface area contributed by atoms with Gasteiger partial charge in [-0.3, -0.25) is 4.79 Å². The highest BCUT2D eigenvalue weighted by molar-refractivity contribution is 5.91. The maximum absolute atomic E-state index is 12.6. The molecule has 1 atom stereocenters. The van der Waals surface area contributed by atoms with E-state index in [1.165, 1.54) is 0 Å². The van der Waals surface area contributed by atoms with E-state index in [-0.39, 0.29) is 23.8 Å². The normalized spacial score (nSPS) is 29.5. The molecule has 0 radical (unpaired) electrons. The summed E-state index contributed by atoms with van der Waals surface area (Å²) in [6.07, 6.45) is 4.18. The van der Waals surface area contributed by atoms with Gasteiger partial charge in [0.25, 0.3) is 5.91 Å². The molecule has 0 aromatic carbocycles. The highest BCUT2D eigenvalue weighted by Gasteiger charge is 2.39. The molecule has 2 aliphatic rings. The van der Waals surface area contributed by atoms with Crippen molar-refractivity contribution in [3.63, 3.8) is 0 Å². The summed E-state index contributed by atoms with van der Waals surface area (Å²) in [5, 5.41) is 3.09. The van der Waals surface area contributed by atoms with Crippen molar-refractivity contribution in [2.45, 2.75) is 65.5 Å². The molecule has 1 saturated carbocycles.